The minimum absolute atomic E-state index is 0.477. The minimum atomic E-state index is 0.477. The van der Waals surface area contributed by atoms with Crippen LogP contribution in [0.2, 0.25) is 0 Å². The monoisotopic (exact) mass is 265 g/mol. The molecule has 0 bridgehead atoms. The van der Waals surface area contributed by atoms with Gasteiger partial charge in [0.15, 0.2) is 0 Å². The Morgan fingerprint density at radius 1 is 1.22 bits per heavy atom. The van der Waals surface area contributed by atoms with Crippen molar-refractivity contribution in [3.8, 4) is 0 Å². The molecule has 0 saturated carbocycles. The van der Waals surface area contributed by atoms with E-state index in [1.807, 2.05) is 11.8 Å². The summed E-state index contributed by atoms with van der Waals surface area (Å²) < 4.78 is 0. The topological polar surface area (TPSA) is 12.0 Å². The third-order valence-corrected chi connectivity index (χ3v) is 4.45. The molecule has 0 aliphatic rings. The van der Waals surface area contributed by atoms with Gasteiger partial charge in [-0.05, 0) is 36.3 Å². The van der Waals surface area contributed by atoms with E-state index in [0.717, 1.165) is 11.7 Å². The van der Waals surface area contributed by atoms with Gasteiger partial charge >= 0.3 is 0 Å². The van der Waals surface area contributed by atoms with E-state index < -0.39 is 0 Å². The zero-order chi connectivity index (χ0) is 13.4. The molecule has 18 heavy (non-hydrogen) atoms. The van der Waals surface area contributed by atoms with E-state index >= 15 is 0 Å². The number of thioether (sulfide) groups is 1. The first-order valence-electron chi connectivity index (χ1n) is 7.01. The lowest BCUT2D eigenvalue weighted by Crippen LogP contribution is -2.19. The molecule has 1 N–H and O–H groups in total. The summed E-state index contributed by atoms with van der Waals surface area (Å²) in [6, 6.07) is 9.51. The van der Waals surface area contributed by atoms with Gasteiger partial charge in [-0.25, -0.2) is 0 Å². The Morgan fingerprint density at radius 3 is 2.61 bits per heavy atom. The van der Waals surface area contributed by atoms with E-state index in [1.165, 1.54) is 29.7 Å². The van der Waals surface area contributed by atoms with Crippen molar-refractivity contribution < 1.29 is 0 Å². The number of rotatable bonds is 8. The average Bonchev–Trinajstić information content (AvgIpc) is 2.35. The fourth-order valence-electron chi connectivity index (χ4n) is 2.02. The molecule has 0 amide bonds. The summed E-state index contributed by atoms with van der Waals surface area (Å²) in [5, 5.41) is 3.44. The minimum Gasteiger partial charge on any atom is -0.312 e. The third kappa shape index (κ3) is 5.45. The lowest BCUT2D eigenvalue weighted by molar-refractivity contribution is 0.658. The Balaban J connectivity index is 2.60. The molecule has 1 atom stereocenters. The Bertz CT molecular complexity index is 336. The maximum absolute atomic E-state index is 3.44. The van der Waals surface area contributed by atoms with Gasteiger partial charge in [0.2, 0.25) is 0 Å². The number of benzene rings is 1. The zero-order valence-electron chi connectivity index (χ0n) is 12.2. The van der Waals surface area contributed by atoms with Crippen LogP contribution in [-0.2, 0) is 6.42 Å². The normalized spacial score (nSPS) is 12.9. The van der Waals surface area contributed by atoms with Gasteiger partial charge in [0.25, 0.3) is 0 Å². The van der Waals surface area contributed by atoms with Crippen LogP contribution in [0.4, 0.5) is 0 Å². The molecule has 2 heteroatoms. The number of nitrogens with one attached hydrogen (secondary N) is 1. The Morgan fingerprint density at radius 2 is 2.00 bits per heavy atom. The number of hydrogen-bond donors (Lipinski definition) is 1. The molecular weight excluding hydrogens is 238 g/mol. The van der Waals surface area contributed by atoms with Crippen LogP contribution < -0.4 is 5.32 Å². The molecule has 0 spiro atoms. The first kappa shape index (κ1) is 15.6. The summed E-state index contributed by atoms with van der Waals surface area (Å²) in [5.74, 6) is 3.18. The largest absolute Gasteiger partial charge is 0.312 e. The molecule has 0 aromatic heterocycles. The van der Waals surface area contributed by atoms with Crippen molar-refractivity contribution in [2.24, 2.45) is 5.92 Å². The molecule has 0 radical (unpaired) electrons. The molecule has 0 heterocycles. The van der Waals surface area contributed by atoms with Crippen LogP contribution in [0, 0.1) is 5.92 Å². The smallest absolute Gasteiger partial charge is 0.0409 e. The highest BCUT2D eigenvalue weighted by molar-refractivity contribution is 7.99. The van der Waals surface area contributed by atoms with Crippen LogP contribution in [-0.4, -0.2) is 18.6 Å². The molecule has 1 aromatic rings. The van der Waals surface area contributed by atoms with Crippen LogP contribution in [0.3, 0.4) is 0 Å². The van der Waals surface area contributed by atoms with Gasteiger partial charge in [0.1, 0.15) is 0 Å². The van der Waals surface area contributed by atoms with Crippen LogP contribution in [0.15, 0.2) is 24.3 Å². The van der Waals surface area contributed by atoms with Crippen molar-refractivity contribution in [3.63, 3.8) is 0 Å². The summed E-state index contributed by atoms with van der Waals surface area (Å²) in [6.07, 6.45) is 2.40. The van der Waals surface area contributed by atoms with Gasteiger partial charge in [-0.1, -0.05) is 51.5 Å². The zero-order valence-corrected chi connectivity index (χ0v) is 13.0. The second-order valence-electron chi connectivity index (χ2n) is 5.27. The first-order chi connectivity index (χ1) is 8.67. The van der Waals surface area contributed by atoms with Gasteiger partial charge in [-0.3, -0.25) is 0 Å². The van der Waals surface area contributed by atoms with E-state index in [0.29, 0.717) is 6.04 Å². The highest BCUT2D eigenvalue weighted by atomic mass is 32.2. The maximum Gasteiger partial charge on any atom is 0.0409 e. The van der Waals surface area contributed by atoms with Gasteiger partial charge < -0.3 is 5.32 Å². The molecule has 1 rings (SSSR count). The van der Waals surface area contributed by atoms with Crippen molar-refractivity contribution in [3.05, 3.63) is 35.4 Å². The summed E-state index contributed by atoms with van der Waals surface area (Å²) in [5.41, 5.74) is 2.89. The highest BCUT2D eigenvalue weighted by Crippen LogP contribution is 2.21. The molecule has 0 saturated heterocycles. The quantitative estimate of drug-likeness (QED) is 0.752. The van der Waals surface area contributed by atoms with Crippen LogP contribution in [0.1, 0.15) is 44.4 Å². The van der Waals surface area contributed by atoms with Crippen LogP contribution >= 0.6 is 11.8 Å². The molecule has 0 aliphatic carbocycles. The van der Waals surface area contributed by atoms with Gasteiger partial charge in [0.05, 0.1) is 0 Å². The third-order valence-electron chi connectivity index (χ3n) is 2.98. The predicted octanol–water partition coefficient (Wildman–Crippen LogP) is 4.29. The van der Waals surface area contributed by atoms with Crippen molar-refractivity contribution >= 4 is 11.8 Å². The predicted molar refractivity (Wildman–Crippen MR) is 84.4 cm³/mol. The first-order valence-corrected chi connectivity index (χ1v) is 8.16. The van der Waals surface area contributed by atoms with Crippen molar-refractivity contribution in [2.45, 2.75) is 39.7 Å². The van der Waals surface area contributed by atoms with E-state index in [1.54, 1.807) is 0 Å². The van der Waals surface area contributed by atoms with Gasteiger partial charge in [-0.15, -0.1) is 0 Å². The lowest BCUT2D eigenvalue weighted by atomic mass is 10.0. The number of hydrogen-bond acceptors (Lipinski definition) is 2. The van der Waals surface area contributed by atoms with Crippen molar-refractivity contribution in [1.82, 2.24) is 5.32 Å². The fourth-order valence-corrected chi connectivity index (χ4v) is 3.22. The van der Waals surface area contributed by atoms with Gasteiger partial charge in [-0.2, -0.15) is 11.8 Å². The molecule has 0 aliphatic heterocycles. The van der Waals surface area contributed by atoms with Gasteiger partial charge in [0, 0.05) is 11.8 Å². The highest BCUT2D eigenvalue weighted by Gasteiger charge is 2.10. The second kappa shape index (κ2) is 8.60. The lowest BCUT2D eigenvalue weighted by Gasteiger charge is -2.18. The fraction of sp³-hybridized carbons (Fsp3) is 0.625. The molecule has 1 nitrogen and oxygen atoms in total. The van der Waals surface area contributed by atoms with E-state index in [2.05, 4.69) is 57.4 Å². The van der Waals surface area contributed by atoms with Crippen LogP contribution in [0.25, 0.3) is 0 Å². The van der Waals surface area contributed by atoms with Crippen LogP contribution in [0.5, 0.6) is 0 Å². The molecule has 1 aromatic carbocycles. The second-order valence-corrected chi connectivity index (χ2v) is 6.34. The molecular formula is C16H27NS. The average molecular weight is 265 g/mol. The summed E-state index contributed by atoms with van der Waals surface area (Å²) in [6.45, 7) is 6.80. The molecule has 1 unspecified atom stereocenters. The summed E-state index contributed by atoms with van der Waals surface area (Å²) in [4.78, 5) is 0. The van der Waals surface area contributed by atoms with Crippen molar-refractivity contribution in [2.75, 3.05) is 18.6 Å². The molecule has 0 fully saturated rings. The van der Waals surface area contributed by atoms with E-state index in [-0.39, 0.29) is 0 Å². The maximum atomic E-state index is 3.44. The number of aryl methyl sites for hydroxylation is 1. The van der Waals surface area contributed by atoms with E-state index in [9.17, 15) is 0 Å². The Labute approximate surface area is 117 Å². The summed E-state index contributed by atoms with van der Waals surface area (Å²) >= 11 is 2.05. The summed E-state index contributed by atoms with van der Waals surface area (Å²) in [7, 11) is 2.06. The van der Waals surface area contributed by atoms with Crippen molar-refractivity contribution in [1.29, 1.82) is 0 Å². The standard InChI is InChI=1S/C16H27NS/c1-5-7-14-8-6-9-15(10-14)16(17-4)12-18-11-13(2)3/h6,8-10,13,16-17H,5,7,11-12H2,1-4H3. The Hall–Kier alpha value is -0.470. The molecule has 102 valence electrons. The Kier molecular flexibility index (Phi) is 7.45. The van der Waals surface area contributed by atoms with E-state index in [4.69, 9.17) is 0 Å². The SMILES string of the molecule is CCCc1cccc(C(CSCC(C)C)NC)c1.